The molecule has 29 heavy (non-hydrogen) atoms. The second-order valence-corrected chi connectivity index (χ2v) is 6.61. The van der Waals surface area contributed by atoms with Crippen molar-refractivity contribution in [3.63, 3.8) is 0 Å². The van der Waals surface area contributed by atoms with Crippen molar-refractivity contribution in [2.24, 2.45) is 5.10 Å². The Morgan fingerprint density at radius 2 is 1.86 bits per heavy atom. The van der Waals surface area contributed by atoms with Crippen LogP contribution < -0.4 is 29.7 Å². The number of hydrazone groups is 1. The first-order valence-electron chi connectivity index (χ1n) is 9.47. The van der Waals surface area contributed by atoms with Crippen LogP contribution in [0.1, 0.15) is 31.9 Å². The molecule has 0 bridgehead atoms. The molecule has 2 aromatic carbocycles. The van der Waals surface area contributed by atoms with Crippen LogP contribution in [0.15, 0.2) is 41.5 Å². The fourth-order valence-corrected chi connectivity index (χ4v) is 2.92. The van der Waals surface area contributed by atoms with Crippen molar-refractivity contribution in [2.45, 2.75) is 27.3 Å². The molecule has 0 fully saturated rings. The lowest BCUT2D eigenvalue weighted by Crippen LogP contribution is -2.32. The minimum atomic E-state index is 0.258. The molecule has 1 aliphatic heterocycles. The van der Waals surface area contributed by atoms with Gasteiger partial charge in [0.15, 0.2) is 16.6 Å². The SMILES string of the molecule is CCOc1ccc(OCC)c(/C(C)=N\NC(=S)NCc2ccc3c(c2)OCO3)c1. The van der Waals surface area contributed by atoms with E-state index in [1.165, 1.54) is 0 Å². The summed E-state index contributed by atoms with van der Waals surface area (Å²) in [5.74, 6) is 3.02. The van der Waals surface area contributed by atoms with Crippen molar-refractivity contribution in [3.05, 3.63) is 47.5 Å². The second kappa shape index (κ2) is 9.97. The van der Waals surface area contributed by atoms with Gasteiger partial charge in [-0.15, -0.1) is 0 Å². The number of fused-ring (bicyclic) bond motifs is 1. The number of hydrogen-bond donors (Lipinski definition) is 2. The van der Waals surface area contributed by atoms with Gasteiger partial charge < -0.3 is 24.3 Å². The van der Waals surface area contributed by atoms with E-state index < -0.39 is 0 Å². The summed E-state index contributed by atoms with van der Waals surface area (Å²) in [6.07, 6.45) is 0. The highest BCUT2D eigenvalue weighted by Gasteiger charge is 2.13. The van der Waals surface area contributed by atoms with E-state index >= 15 is 0 Å². The highest BCUT2D eigenvalue weighted by Crippen LogP contribution is 2.32. The lowest BCUT2D eigenvalue weighted by molar-refractivity contribution is 0.174. The number of ether oxygens (including phenoxy) is 4. The molecule has 7 nitrogen and oxygen atoms in total. The lowest BCUT2D eigenvalue weighted by Gasteiger charge is -2.13. The molecule has 0 unspecified atom stereocenters. The van der Waals surface area contributed by atoms with Crippen LogP contribution in [0.25, 0.3) is 0 Å². The van der Waals surface area contributed by atoms with Crippen LogP contribution in [0.5, 0.6) is 23.0 Å². The molecule has 154 valence electrons. The van der Waals surface area contributed by atoms with Crippen molar-refractivity contribution in [1.82, 2.24) is 10.7 Å². The van der Waals surface area contributed by atoms with Crippen molar-refractivity contribution >= 4 is 23.0 Å². The standard InChI is InChI=1S/C21H25N3O4S/c1-4-25-16-7-9-18(26-5-2)17(11-16)14(3)23-24-21(29)22-12-15-6-8-19-20(10-15)28-13-27-19/h6-11H,4-5,12-13H2,1-3H3,(H2,22,24,29)/b23-14-. The number of hydrogen-bond acceptors (Lipinski definition) is 6. The molecule has 1 aliphatic rings. The molecule has 0 spiro atoms. The second-order valence-electron chi connectivity index (χ2n) is 6.20. The summed E-state index contributed by atoms with van der Waals surface area (Å²) < 4.78 is 22.0. The number of rotatable bonds is 8. The Morgan fingerprint density at radius 1 is 1.07 bits per heavy atom. The third-order valence-electron chi connectivity index (χ3n) is 4.17. The van der Waals surface area contributed by atoms with Gasteiger partial charge in [-0.05, 0) is 68.9 Å². The van der Waals surface area contributed by atoms with Crippen molar-refractivity contribution in [1.29, 1.82) is 0 Å². The Bertz CT molecular complexity index is 901. The van der Waals surface area contributed by atoms with Crippen LogP contribution in [0.3, 0.4) is 0 Å². The Hall–Kier alpha value is -3.00. The molecule has 2 aromatic rings. The molecule has 0 saturated heterocycles. The van der Waals surface area contributed by atoms with Crippen LogP contribution in [0.4, 0.5) is 0 Å². The Morgan fingerprint density at radius 3 is 2.66 bits per heavy atom. The van der Waals surface area contributed by atoms with Gasteiger partial charge in [-0.2, -0.15) is 5.10 Å². The minimum Gasteiger partial charge on any atom is -0.494 e. The van der Waals surface area contributed by atoms with E-state index in [9.17, 15) is 0 Å². The van der Waals surface area contributed by atoms with Gasteiger partial charge in [0.2, 0.25) is 6.79 Å². The van der Waals surface area contributed by atoms with Crippen LogP contribution in [-0.2, 0) is 6.54 Å². The molecule has 0 radical (unpaired) electrons. The Labute approximate surface area is 176 Å². The molecular weight excluding hydrogens is 390 g/mol. The summed E-state index contributed by atoms with van der Waals surface area (Å²) in [6, 6.07) is 11.5. The first-order chi connectivity index (χ1) is 14.1. The molecule has 0 amide bonds. The lowest BCUT2D eigenvalue weighted by atomic mass is 10.1. The molecular formula is C21H25N3O4S. The summed E-state index contributed by atoms with van der Waals surface area (Å²) in [5, 5.41) is 7.94. The molecule has 0 aliphatic carbocycles. The molecule has 8 heteroatoms. The average Bonchev–Trinajstić information content (AvgIpc) is 3.20. The van der Waals surface area contributed by atoms with Crippen LogP contribution in [0, 0.1) is 0 Å². The van der Waals surface area contributed by atoms with Gasteiger partial charge in [-0.3, -0.25) is 5.43 Å². The Kier molecular flexibility index (Phi) is 7.13. The molecule has 2 N–H and O–H groups in total. The fourth-order valence-electron chi connectivity index (χ4n) is 2.80. The van der Waals surface area contributed by atoms with Crippen molar-refractivity contribution in [3.8, 4) is 23.0 Å². The van der Waals surface area contributed by atoms with E-state index in [1.807, 2.05) is 57.2 Å². The zero-order valence-electron chi connectivity index (χ0n) is 16.8. The molecule has 0 saturated carbocycles. The largest absolute Gasteiger partial charge is 0.494 e. The summed E-state index contributed by atoms with van der Waals surface area (Å²) >= 11 is 5.33. The maximum atomic E-state index is 5.71. The number of nitrogens with one attached hydrogen (secondary N) is 2. The topological polar surface area (TPSA) is 73.3 Å². The molecule has 1 heterocycles. The Balaban J connectivity index is 1.61. The van der Waals surface area contributed by atoms with Gasteiger partial charge in [0.05, 0.1) is 18.9 Å². The molecule has 0 atom stereocenters. The van der Waals surface area contributed by atoms with Crippen LogP contribution >= 0.6 is 12.2 Å². The van der Waals surface area contributed by atoms with Gasteiger partial charge in [0, 0.05) is 12.1 Å². The zero-order chi connectivity index (χ0) is 20.6. The van der Waals surface area contributed by atoms with E-state index in [1.54, 1.807) is 0 Å². The van der Waals surface area contributed by atoms with E-state index in [4.69, 9.17) is 31.2 Å². The summed E-state index contributed by atoms with van der Waals surface area (Å²) in [7, 11) is 0. The monoisotopic (exact) mass is 415 g/mol. The normalized spacial score (nSPS) is 12.4. The fraction of sp³-hybridized carbons (Fsp3) is 0.333. The van der Waals surface area contributed by atoms with Crippen molar-refractivity contribution < 1.29 is 18.9 Å². The van der Waals surface area contributed by atoms with E-state index in [0.29, 0.717) is 24.9 Å². The summed E-state index contributed by atoms with van der Waals surface area (Å²) in [4.78, 5) is 0. The highest BCUT2D eigenvalue weighted by atomic mass is 32.1. The van der Waals surface area contributed by atoms with Gasteiger partial charge in [-0.1, -0.05) is 6.07 Å². The maximum Gasteiger partial charge on any atom is 0.231 e. The molecule has 0 aromatic heterocycles. The first kappa shape index (κ1) is 20.7. The average molecular weight is 416 g/mol. The third kappa shape index (κ3) is 5.51. The predicted molar refractivity (Wildman–Crippen MR) is 116 cm³/mol. The van der Waals surface area contributed by atoms with Gasteiger partial charge in [0.1, 0.15) is 11.5 Å². The summed E-state index contributed by atoms with van der Waals surface area (Å²) in [6.45, 7) is 7.74. The summed E-state index contributed by atoms with van der Waals surface area (Å²) in [5.41, 5.74) is 5.50. The van der Waals surface area contributed by atoms with Gasteiger partial charge in [0.25, 0.3) is 0 Å². The third-order valence-corrected chi connectivity index (χ3v) is 4.40. The van der Waals surface area contributed by atoms with Crippen molar-refractivity contribution in [2.75, 3.05) is 20.0 Å². The van der Waals surface area contributed by atoms with E-state index in [-0.39, 0.29) is 6.79 Å². The van der Waals surface area contributed by atoms with Gasteiger partial charge in [-0.25, -0.2) is 0 Å². The van der Waals surface area contributed by atoms with Crippen LogP contribution in [-0.4, -0.2) is 30.8 Å². The molecule has 3 rings (SSSR count). The highest BCUT2D eigenvalue weighted by molar-refractivity contribution is 7.80. The van der Waals surface area contributed by atoms with Crippen LogP contribution in [0.2, 0.25) is 0 Å². The number of nitrogens with zero attached hydrogens (tertiary/aromatic N) is 1. The number of benzene rings is 2. The van der Waals surface area contributed by atoms with E-state index in [2.05, 4.69) is 15.8 Å². The quantitative estimate of drug-likeness (QED) is 0.388. The predicted octanol–water partition coefficient (Wildman–Crippen LogP) is 3.60. The smallest absolute Gasteiger partial charge is 0.231 e. The minimum absolute atomic E-state index is 0.258. The maximum absolute atomic E-state index is 5.71. The number of thiocarbonyl (C=S) groups is 1. The first-order valence-corrected chi connectivity index (χ1v) is 9.88. The van der Waals surface area contributed by atoms with Gasteiger partial charge >= 0.3 is 0 Å². The zero-order valence-corrected chi connectivity index (χ0v) is 17.6. The van der Waals surface area contributed by atoms with E-state index in [0.717, 1.165) is 39.8 Å².